The van der Waals surface area contributed by atoms with Gasteiger partial charge in [-0.2, -0.15) is 0 Å². The summed E-state index contributed by atoms with van der Waals surface area (Å²) in [6, 6.07) is 8.02. The lowest BCUT2D eigenvalue weighted by Gasteiger charge is -2.42. The van der Waals surface area contributed by atoms with Crippen LogP contribution in [0.1, 0.15) is 50.5 Å². The minimum atomic E-state index is -0.563. The number of carbonyl (C=O) groups excluding carboxylic acids is 2. The van der Waals surface area contributed by atoms with E-state index in [0.29, 0.717) is 38.7 Å². The summed E-state index contributed by atoms with van der Waals surface area (Å²) in [6.45, 7) is 3.77. The number of amides is 2. The van der Waals surface area contributed by atoms with Crippen LogP contribution in [0.2, 0.25) is 0 Å². The number of carbonyl (C=O) groups is 2. The maximum absolute atomic E-state index is 13.4. The first-order valence-corrected chi connectivity index (χ1v) is 11.6. The Labute approximate surface area is 183 Å². The number of hydrogen-bond donors (Lipinski definition) is 1. The summed E-state index contributed by atoms with van der Waals surface area (Å²) < 4.78 is 18.2. The second kappa shape index (κ2) is 8.43. The molecule has 0 unspecified atom stereocenters. The van der Waals surface area contributed by atoms with E-state index in [1.54, 1.807) is 0 Å². The molecule has 5 aliphatic rings. The molecule has 4 aliphatic heterocycles. The standard InChI is InChI=1S/C24H32N2O5/c1-16-12-31-20-5-3-2-4-19(20)17-6-8-18(9-7-17)30-13-21-24(10-11-26(21)23(16)28)15-29-14-22(27)25-24/h2-5,16-18,21H,6-15H2,1H3,(H,25,27)/t16-,17?,18?,21-,24+/m1/s1. The van der Waals surface area contributed by atoms with Gasteiger partial charge in [0.1, 0.15) is 12.4 Å². The number of benzene rings is 1. The van der Waals surface area contributed by atoms with E-state index in [0.717, 1.165) is 31.4 Å². The summed E-state index contributed by atoms with van der Waals surface area (Å²) in [5.41, 5.74) is 0.685. The number of nitrogens with one attached hydrogen (secondary N) is 1. The average molecular weight is 429 g/mol. The molecular weight excluding hydrogens is 396 g/mol. The van der Waals surface area contributed by atoms with Crippen LogP contribution < -0.4 is 10.1 Å². The minimum Gasteiger partial charge on any atom is -0.492 e. The number of hydrogen-bond acceptors (Lipinski definition) is 5. The molecule has 3 atom stereocenters. The van der Waals surface area contributed by atoms with E-state index in [4.69, 9.17) is 14.2 Å². The molecule has 7 nitrogen and oxygen atoms in total. The van der Waals surface area contributed by atoms with Crippen LogP contribution in [0.3, 0.4) is 0 Å². The van der Waals surface area contributed by atoms with Gasteiger partial charge in [-0.25, -0.2) is 0 Å². The third kappa shape index (κ3) is 3.94. The number of ether oxygens (including phenoxy) is 3. The monoisotopic (exact) mass is 428 g/mol. The molecule has 1 aliphatic carbocycles. The number of rotatable bonds is 0. The molecule has 7 heteroatoms. The molecule has 1 spiro atoms. The van der Waals surface area contributed by atoms with E-state index < -0.39 is 5.54 Å². The highest BCUT2D eigenvalue weighted by molar-refractivity contribution is 5.81. The summed E-state index contributed by atoms with van der Waals surface area (Å²) in [4.78, 5) is 27.5. The summed E-state index contributed by atoms with van der Waals surface area (Å²) >= 11 is 0. The summed E-state index contributed by atoms with van der Waals surface area (Å²) in [5, 5.41) is 3.15. The maximum atomic E-state index is 13.4. The Hall–Kier alpha value is -2.12. The molecule has 1 saturated carbocycles. The third-order valence-electron chi connectivity index (χ3n) is 7.51. The molecule has 2 amide bonds. The lowest BCUT2D eigenvalue weighted by atomic mass is 9.82. The van der Waals surface area contributed by atoms with Crippen LogP contribution in [-0.4, -0.2) is 67.4 Å². The van der Waals surface area contributed by atoms with Crippen molar-refractivity contribution >= 4 is 11.8 Å². The molecule has 6 rings (SSSR count). The van der Waals surface area contributed by atoms with Gasteiger partial charge in [-0.05, 0) is 49.7 Å². The predicted molar refractivity (Wildman–Crippen MR) is 114 cm³/mol. The van der Waals surface area contributed by atoms with Gasteiger partial charge in [0, 0.05) is 6.54 Å². The first kappa shape index (κ1) is 20.8. The van der Waals surface area contributed by atoms with E-state index >= 15 is 0 Å². The zero-order valence-electron chi connectivity index (χ0n) is 18.2. The Morgan fingerprint density at radius 2 is 1.90 bits per heavy atom. The van der Waals surface area contributed by atoms with Crippen molar-refractivity contribution in [2.45, 2.75) is 62.6 Å². The molecular formula is C24H32N2O5. The smallest absolute Gasteiger partial charge is 0.246 e. The third-order valence-corrected chi connectivity index (χ3v) is 7.51. The minimum absolute atomic E-state index is 0.0463. The van der Waals surface area contributed by atoms with Gasteiger partial charge in [0.2, 0.25) is 11.8 Å². The Bertz CT molecular complexity index is 837. The van der Waals surface area contributed by atoms with E-state index in [9.17, 15) is 9.59 Å². The highest BCUT2D eigenvalue weighted by Crippen LogP contribution is 2.40. The molecule has 4 heterocycles. The zero-order chi connectivity index (χ0) is 21.4. The number of morpholine rings is 1. The highest BCUT2D eigenvalue weighted by atomic mass is 16.5. The van der Waals surface area contributed by atoms with E-state index in [-0.39, 0.29) is 36.5 Å². The Kier molecular flexibility index (Phi) is 5.65. The summed E-state index contributed by atoms with van der Waals surface area (Å²) in [6.07, 6.45) is 4.98. The van der Waals surface area contributed by atoms with Crippen LogP contribution in [0.15, 0.2) is 24.3 Å². The Morgan fingerprint density at radius 3 is 2.71 bits per heavy atom. The second-order valence-electron chi connectivity index (χ2n) is 9.55. The van der Waals surface area contributed by atoms with Gasteiger partial charge in [0.25, 0.3) is 0 Å². The molecule has 1 aromatic rings. The van der Waals surface area contributed by atoms with Crippen molar-refractivity contribution in [2.24, 2.45) is 5.92 Å². The fourth-order valence-electron chi connectivity index (χ4n) is 5.73. The SMILES string of the molecule is C[C@@H]1COc2ccccc2C2CCC(CC2)OC[C@H]2N(CC[C@]23COCC(=O)N3)C1=O. The van der Waals surface area contributed by atoms with Gasteiger partial charge >= 0.3 is 0 Å². The Morgan fingerprint density at radius 1 is 1.10 bits per heavy atom. The molecule has 168 valence electrons. The topological polar surface area (TPSA) is 77.1 Å². The van der Waals surface area contributed by atoms with Crippen LogP contribution in [0, 0.1) is 5.92 Å². The van der Waals surface area contributed by atoms with Gasteiger partial charge in [0.05, 0.1) is 43.4 Å². The summed E-state index contributed by atoms with van der Waals surface area (Å²) in [7, 11) is 0. The van der Waals surface area contributed by atoms with Crippen LogP contribution >= 0.6 is 0 Å². The number of para-hydroxylation sites is 1. The van der Waals surface area contributed by atoms with Crippen molar-refractivity contribution in [1.82, 2.24) is 10.2 Å². The molecule has 2 bridgehead atoms. The molecule has 2 saturated heterocycles. The number of nitrogens with zero attached hydrogens (tertiary/aromatic N) is 1. The van der Waals surface area contributed by atoms with E-state index in [2.05, 4.69) is 17.4 Å². The molecule has 0 aromatic heterocycles. The predicted octanol–water partition coefficient (Wildman–Crippen LogP) is 2.24. The van der Waals surface area contributed by atoms with Crippen LogP contribution in [-0.2, 0) is 19.1 Å². The normalized spacial score (nSPS) is 36.4. The Balaban J connectivity index is 1.43. The quantitative estimate of drug-likeness (QED) is 0.686. The first-order chi connectivity index (χ1) is 15.1. The van der Waals surface area contributed by atoms with Crippen LogP contribution in [0.5, 0.6) is 5.75 Å². The van der Waals surface area contributed by atoms with Crippen molar-refractivity contribution < 1.29 is 23.8 Å². The largest absolute Gasteiger partial charge is 0.492 e. The van der Waals surface area contributed by atoms with Crippen molar-refractivity contribution in [3.63, 3.8) is 0 Å². The van der Waals surface area contributed by atoms with E-state index in [1.165, 1.54) is 5.56 Å². The zero-order valence-corrected chi connectivity index (χ0v) is 18.2. The van der Waals surface area contributed by atoms with Gasteiger partial charge in [-0.15, -0.1) is 0 Å². The fraction of sp³-hybridized carbons (Fsp3) is 0.667. The van der Waals surface area contributed by atoms with Gasteiger partial charge in [0.15, 0.2) is 0 Å². The molecule has 3 fully saturated rings. The van der Waals surface area contributed by atoms with Crippen molar-refractivity contribution in [3.8, 4) is 5.75 Å². The fourth-order valence-corrected chi connectivity index (χ4v) is 5.73. The molecule has 31 heavy (non-hydrogen) atoms. The van der Waals surface area contributed by atoms with Crippen molar-refractivity contribution in [2.75, 3.05) is 33.0 Å². The molecule has 0 radical (unpaired) electrons. The van der Waals surface area contributed by atoms with Crippen molar-refractivity contribution in [3.05, 3.63) is 29.8 Å². The summed E-state index contributed by atoms with van der Waals surface area (Å²) in [5.74, 6) is 1.00. The van der Waals surface area contributed by atoms with E-state index in [1.807, 2.05) is 24.0 Å². The van der Waals surface area contributed by atoms with Crippen molar-refractivity contribution in [1.29, 1.82) is 0 Å². The lowest BCUT2D eigenvalue weighted by Crippen LogP contribution is -2.65. The van der Waals surface area contributed by atoms with Gasteiger partial charge in [-0.1, -0.05) is 25.1 Å². The maximum Gasteiger partial charge on any atom is 0.246 e. The highest BCUT2D eigenvalue weighted by Gasteiger charge is 2.52. The lowest BCUT2D eigenvalue weighted by molar-refractivity contribution is -0.145. The van der Waals surface area contributed by atoms with Crippen LogP contribution in [0.25, 0.3) is 0 Å². The van der Waals surface area contributed by atoms with Gasteiger partial charge in [-0.3, -0.25) is 9.59 Å². The first-order valence-electron chi connectivity index (χ1n) is 11.6. The molecule has 1 N–H and O–H groups in total. The molecule has 1 aromatic carbocycles. The number of fused-ring (bicyclic) bond motifs is 6. The van der Waals surface area contributed by atoms with Gasteiger partial charge < -0.3 is 24.4 Å². The average Bonchev–Trinajstić information content (AvgIpc) is 3.12. The second-order valence-corrected chi connectivity index (χ2v) is 9.55. The van der Waals surface area contributed by atoms with Crippen LogP contribution in [0.4, 0.5) is 0 Å².